The van der Waals surface area contributed by atoms with Crippen LogP contribution < -0.4 is 25.6 Å². The number of morpholine rings is 2. The Bertz CT molecular complexity index is 1550. The van der Waals surface area contributed by atoms with Gasteiger partial charge in [0.05, 0.1) is 43.6 Å². The first kappa shape index (κ1) is 29.3. The Morgan fingerprint density at radius 1 is 0.907 bits per heavy atom. The van der Waals surface area contributed by atoms with Crippen LogP contribution in [-0.2, 0) is 29.1 Å². The van der Waals surface area contributed by atoms with Gasteiger partial charge in [0.15, 0.2) is 5.65 Å². The maximum absolute atomic E-state index is 5.98. The van der Waals surface area contributed by atoms with E-state index in [-0.39, 0.29) is 12.2 Å². The standard InChI is InChI=1S/C33H41N7O3/c1-22-20-40(21-23(2)43-22)33-37-31-28(32(38-33)39-11-13-42-14-12-39)8-9-29(36-31)26-7-10-30(41-3)27(16-26)19-35-18-25-6-4-5-24(15-25)17-34/h4-10,15-16,22-23,35H,11-14,17-21,34H2,1-3H3. The Morgan fingerprint density at radius 3 is 2.47 bits per heavy atom. The maximum Gasteiger partial charge on any atom is 0.229 e. The fourth-order valence-electron chi connectivity index (χ4n) is 5.93. The highest BCUT2D eigenvalue weighted by Crippen LogP contribution is 2.31. The smallest absolute Gasteiger partial charge is 0.229 e. The molecule has 0 radical (unpaired) electrons. The second-order valence-corrected chi connectivity index (χ2v) is 11.3. The van der Waals surface area contributed by atoms with Crippen LogP contribution in [0.4, 0.5) is 11.8 Å². The van der Waals surface area contributed by atoms with E-state index in [0.29, 0.717) is 37.9 Å². The predicted octanol–water partition coefficient (Wildman–Crippen LogP) is 3.90. The number of nitrogens with two attached hydrogens (primary N) is 1. The number of aromatic nitrogens is 3. The van der Waals surface area contributed by atoms with Crippen LogP contribution in [0.15, 0.2) is 54.6 Å². The van der Waals surface area contributed by atoms with E-state index in [4.69, 9.17) is 34.9 Å². The highest BCUT2D eigenvalue weighted by atomic mass is 16.5. The molecule has 2 unspecified atom stereocenters. The lowest BCUT2D eigenvalue weighted by Crippen LogP contribution is -2.46. The molecule has 4 heterocycles. The van der Waals surface area contributed by atoms with E-state index in [9.17, 15) is 0 Å². The van der Waals surface area contributed by atoms with Gasteiger partial charge in [0.25, 0.3) is 0 Å². The average Bonchev–Trinajstić information content (AvgIpc) is 3.04. The number of fused-ring (bicyclic) bond motifs is 1. The van der Waals surface area contributed by atoms with Crippen LogP contribution in [-0.4, -0.2) is 73.7 Å². The first-order valence-electron chi connectivity index (χ1n) is 15.1. The van der Waals surface area contributed by atoms with Crippen LogP contribution in [0.3, 0.4) is 0 Å². The third kappa shape index (κ3) is 6.73. The molecule has 10 heteroatoms. The first-order valence-corrected chi connectivity index (χ1v) is 15.1. The Morgan fingerprint density at radius 2 is 1.70 bits per heavy atom. The van der Waals surface area contributed by atoms with Crippen molar-refractivity contribution in [3.8, 4) is 17.0 Å². The second-order valence-electron chi connectivity index (χ2n) is 11.3. The molecule has 0 amide bonds. The predicted molar refractivity (Wildman–Crippen MR) is 169 cm³/mol. The van der Waals surface area contributed by atoms with Gasteiger partial charge in [-0.2, -0.15) is 9.97 Å². The van der Waals surface area contributed by atoms with Crippen LogP contribution in [0.25, 0.3) is 22.3 Å². The summed E-state index contributed by atoms with van der Waals surface area (Å²) >= 11 is 0. The molecule has 2 fully saturated rings. The molecule has 2 aromatic heterocycles. The van der Waals surface area contributed by atoms with E-state index in [1.807, 2.05) is 18.2 Å². The molecule has 3 N–H and O–H groups in total. The van der Waals surface area contributed by atoms with Gasteiger partial charge in [0, 0.05) is 56.9 Å². The lowest BCUT2D eigenvalue weighted by Gasteiger charge is -2.36. The zero-order valence-corrected chi connectivity index (χ0v) is 25.3. The van der Waals surface area contributed by atoms with Gasteiger partial charge in [-0.1, -0.05) is 24.3 Å². The van der Waals surface area contributed by atoms with Crippen molar-refractivity contribution in [1.82, 2.24) is 20.3 Å². The van der Waals surface area contributed by atoms with Crippen molar-refractivity contribution >= 4 is 22.8 Å². The summed E-state index contributed by atoms with van der Waals surface area (Å²) in [6, 6.07) is 18.7. The summed E-state index contributed by atoms with van der Waals surface area (Å²) in [7, 11) is 1.70. The Hall–Kier alpha value is -3.83. The Balaban J connectivity index is 1.31. The van der Waals surface area contributed by atoms with Gasteiger partial charge in [-0.3, -0.25) is 0 Å². The van der Waals surface area contributed by atoms with Crippen molar-refractivity contribution in [2.75, 3.05) is 56.3 Å². The van der Waals surface area contributed by atoms with Crippen molar-refractivity contribution in [3.63, 3.8) is 0 Å². The third-order valence-corrected chi connectivity index (χ3v) is 7.99. The van der Waals surface area contributed by atoms with Crippen molar-refractivity contribution < 1.29 is 14.2 Å². The number of methoxy groups -OCH3 is 1. The summed E-state index contributed by atoms with van der Waals surface area (Å²) in [5, 5.41) is 4.50. The summed E-state index contributed by atoms with van der Waals surface area (Å²) in [5.41, 5.74) is 11.8. The SMILES string of the molecule is COc1ccc(-c2ccc3c(N4CCOCC4)nc(N4CC(C)OC(C)C4)nc3n2)cc1CNCc1cccc(CN)c1. The maximum atomic E-state index is 5.98. The number of pyridine rings is 1. The van der Waals surface area contributed by atoms with Gasteiger partial charge in [-0.25, -0.2) is 4.98 Å². The van der Waals surface area contributed by atoms with Crippen LogP contribution in [0.2, 0.25) is 0 Å². The van der Waals surface area contributed by atoms with Gasteiger partial charge < -0.3 is 35.1 Å². The van der Waals surface area contributed by atoms with E-state index in [0.717, 1.165) is 72.1 Å². The fraction of sp³-hybridized carbons (Fsp3) is 0.424. The molecule has 43 heavy (non-hydrogen) atoms. The summed E-state index contributed by atoms with van der Waals surface area (Å²) in [5.74, 6) is 2.44. The molecule has 0 aliphatic carbocycles. The zero-order valence-electron chi connectivity index (χ0n) is 25.3. The molecular weight excluding hydrogens is 542 g/mol. The van der Waals surface area contributed by atoms with Crippen molar-refractivity contribution in [2.24, 2.45) is 5.73 Å². The number of ether oxygens (including phenoxy) is 3. The van der Waals surface area contributed by atoms with Crippen molar-refractivity contribution in [1.29, 1.82) is 0 Å². The molecule has 226 valence electrons. The third-order valence-electron chi connectivity index (χ3n) is 7.99. The first-order chi connectivity index (χ1) is 21.0. The molecule has 6 rings (SSSR count). The minimum absolute atomic E-state index is 0.102. The van der Waals surface area contributed by atoms with E-state index in [1.54, 1.807) is 7.11 Å². The largest absolute Gasteiger partial charge is 0.496 e. The van der Waals surface area contributed by atoms with Gasteiger partial charge in [-0.05, 0) is 55.3 Å². The Labute approximate surface area is 253 Å². The number of benzene rings is 2. The van der Waals surface area contributed by atoms with E-state index in [2.05, 4.69) is 65.4 Å². The number of hydrogen-bond acceptors (Lipinski definition) is 10. The fourth-order valence-corrected chi connectivity index (χ4v) is 5.93. The number of rotatable bonds is 9. The molecule has 2 atom stereocenters. The van der Waals surface area contributed by atoms with Crippen LogP contribution in [0.5, 0.6) is 5.75 Å². The molecule has 10 nitrogen and oxygen atoms in total. The second kappa shape index (κ2) is 13.2. The van der Waals surface area contributed by atoms with Crippen LogP contribution >= 0.6 is 0 Å². The number of nitrogens with one attached hydrogen (secondary N) is 1. The average molecular weight is 584 g/mol. The molecule has 0 spiro atoms. The minimum atomic E-state index is 0.102. The highest BCUT2D eigenvalue weighted by molar-refractivity contribution is 5.90. The van der Waals surface area contributed by atoms with Crippen LogP contribution in [0.1, 0.15) is 30.5 Å². The molecule has 2 aromatic carbocycles. The molecule has 2 saturated heterocycles. The van der Waals surface area contributed by atoms with Crippen LogP contribution in [0, 0.1) is 0 Å². The monoisotopic (exact) mass is 583 g/mol. The molecule has 2 aliphatic rings. The lowest BCUT2D eigenvalue weighted by atomic mass is 10.1. The van der Waals surface area contributed by atoms with Gasteiger partial charge in [-0.15, -0.1) is 0 Å². The van der Waals surface area contributed by atoms with E-state index < -0.39 is 0 Å². The molecule has 2 aliphatic heterocycles. The molecule has 0 bridgehead atoms. The van der Waals surface area contributed by atoms with Gasteiger partial charge in [0.1, 0.15) is 11.6 Å². The topological polar surface area (TPSA) is 111 Å². The van der Waals surface area contributed by atoms with E-state index >= 15 is 0 Å². The molecule has 0 saturated carbocycles. The Kier molecular flexibility index (Phi) is 8.99. The highest BCUT2D eigenvalue weighted by Gasteiger charge is 2.27. The minimum Gasteiger partial charge on any atom is -0.496 e. The number of hydrogen-bond donors (Lipinski definition) is 2. The van der Waals surface area contributed by atoms with Crippen molar-refractivity contribution in [3.05, 3.63) is 71.3 Å². The number of anilines is 2. The summed E-state index contributed by atoms with van der Waals surface area (Å²) in [6.45, 7) is 10.5. The quantitative estimate of drug-likeness (QED) is 0.301. The van der Waals surface area contributed by atoms with Gasteiger partial charge >= 0.3 is 0 Å². The van der Waals surface area contributed by atoms with E-state index in [1.165, 1.54) is 5.56 Å². The molecular formula is C33H41N7O3. The van der Waals surface area contributed by atoms with Crippen molar-refractivity contribution in [2.45, 2.75) is 45.7 Å². The zero-order chi connectivity index (χ0) is 29.8. The number of nitrogens with zero attached hydrogens (tertiary/aromatic N) is 5. The van der Waals surface area contributed by atoms with Gasteiger partial charge in [0.2, 0.25) is 5.95 Å². The summed E-state index contributed by atoms with van der Waals surface area (Å²) < 4.78 is 17.3. The lowest BCUT2D eigenvalue weighted by molar-refractivity contribution is -0.00570. The molecule has 4 aromatic rings. The summed E-state index contributed by atoms with van der Waals surface area (Å²) in [4.78, 5) is 19.7. The normalized spacial score (nSPS) is 19.2. The summed E-state index contributed by atoms with van der Waals surface area (Å²) in [6.07, 6.45) is 0.204.